The summed E-state index contributed by atoms with van der Waals surface area (Å²) in [5, 5.41) is 0. The molecule has 0 aromatic rings. The first-order chi connectivity index (χ1) is 19.6. The lowest BCUT2D eigenvalue weighted by molar-refractivity contribution is -0.142. The van der Waals surface area contributed by atoms with Crippen LogP contribution in [0.5, 0.6) is 0 Å². The third-order valence-electron chi connectivity index (χ3n) is 7.88. The molecular formula is C36H68O4. The molecule has 0 radical (unpaired) electrons. The molecule has 0 aliphatic heterocycles. The largest absolute Gasteiger partial charge is 0.462 e. The van der Waals surface area contributed by atoms with Crippen LogP contribution in [0.1, 0.15) is 195 Å². The van der Waals surface area contributed by atoms with Crippen LogP contribution in [0.4, 0.5) is 0 Å². The molecule has 0 saturated carbocycles. The Morgan fingerprint density at radius 2 is 0.600 bits per heavy atom. The molecule has 0 spiro atoms. The van der Waals surface area contributed by atoms with Gasteiger partial charge in [-0.25, -0.2) is 9.59 Å². The van der Waals surface area contributed by atoms with Gasteiger partial charge in [0.25, 0.3) is 0 Å². The Kier molecular flexibility index (Phi) is 29.6. The molecule has 0 bridgehead atoms. The molecule has 0 rings (SSSR count). The zero-order chi connectivity index (χ0) is 29.5. The zero-order valence-corrected chi connectivity index (χ0v) is 27.4. The molecule has 0 heterocycles. The van der Waals surface area contributed by atoms with Gasteiger partial charge >= 0.3 is 11.9 Å². The Hall–Kier alpha value is -1.32. The van der Waals surface area contributed by atoms with Gasteiger partial charge in [0.15, 0.2) is 0 Å². The van der Waals surface area contributed by atoms with Gasteiger partial charge in [0.2, 0.25) is 0 Å². The van der Waals surface area contributed by atoms with Crippen molar-refractivity contribution in [3.8, 4) is 0 Å². The van der Waals surface area contributed by atoms with Crippen molar-refractivity contribution in [2.45, 2.75) is 195 Å². The third-order valence-corrected chi connectivity index (χ3v) is 7.88. The van der Waals surface area contributed by atoms with Gasteiger partial charge in [-0.2, -0.15) is 0 Å². The lowest BCUT2D eigenvalue weighted by Gasteiger charge is -2.15. The van der Waals surface area contributed by atoms with Gasteiger partial charge in [-0.3, -0.25) is 0 Å². The number of hydrogen-bond donors (Lipinski definition) is 0. The summed E-state index contributed by atoms with van der Waals surface area (Å²) in [5.74, 6) is -0.556. The number of unbranched alkanes of at least 4 members (excludes halogenated alkanes) is 20. The van der Waals surface area contributed by atoms with Crippen molar-refractivity contribution in [1.82, 2.24) is 0 Å². The lowest BCUT2D eigenvalue weighted by Crippen LogP contribution is -2.18. The van der Waals surface area contributed by atoms with E-state index in [0.29, 0.717) is 37.2 Å². The van der Waals surface area contributed by atoms with Crippen molar-refractivity contribution in [2.75, 3.05) is 13.2 Å². The molecule has 0 saturated heterocycles. The molecule has 0 amide bonds. The average Bonchev–Trinajstić information content (AvgIpc) is 2.96. The molecule has 0 aromatic heterocycles. The Bertz CT molecular complexity index is 558. The highest BCUT2D eigenvalue weighted by molar-refractivity contribution is 6.00. The Balaban J connectivity index is 5.29. The molecule has 0 aromatic carbocycles. The van der Waals surface area contributed by atoms with Crippen LogP contribution in [-0.2, 0) is 19.1 Å². The van der Waals surface area contributed by atoms with E-state index in [2.05, 4.69) is 27.7 Å². The third kappa shape index (κ3) is 23.4. The quantitative estimate of drug-likeness (QED) is 0.0494. The van der Waals surface area contributed by atoms with Crippen molar-refractivity contribution >= 4 is 11.9 Å². The number of esters is 2. The fraction of sp³-hybridized carbons (Fsp3) is 0.889. The Morgan fingerprint density at radius 1 is 0.350 bits per heavy atom. The maximum atomic E-state index is 13.4. The first kappa shape index (κ1) is 38.7. The van der Waals surface area contributed by atoms with E-state index in [1.54, 1.807) is 0 Å². The van der Waals surface area contributed by atoms with Crippen LogP contribution >= 0.6 is 0 Å². The lowest BCUT2D eigenvalue weighted by atomic mass is 9.96. The normalized spacial score (nSPS) is 11.9. The van der Waals surface area contributed by atoms with Crippen LogP contribution in [0.15, 0.2) is 11.1 Å². The highest BCUT2D eigenvalue weighted by atomic mass is 16.5. The zero-order valence-electron chi connectivity index (χ0n) is 27.4. The van der Waals surface area contributed by atoms with E-state index in [4.69, 9.17) is 9.47 Å². The molecule has 0 aliphatic carbocycles. The summed E-state index contributed by atoms with van der Waals surface area (Å²) < 4.78 is 11.5. The minimum Gasteiger partial charge on any atom is -0.462 e. The molecule has 0 N–H and O–H groups in total. The van der Waals surface area contributed by atoms with Gasteiger partial charge in [-0.05, 0) is 38.5 Å². The number of carbonyl (C=O) groups excluding carboxylic acids is 2. The maximum Gasteiger partial charge on any atom is 0.334 e. The number of hydrogen-bond acceptors (Lipinski definition) is 4. The topological polar surface area (TPSA) is 52.6 Å². The predicted octanol–water partition coefficient (Wildman–Crippen LogP) is 11.6. The molecule has 0 unspecified atom stereocenters. The molecule has 0 fully saturated rings. The first-order valence-corrected chi connectivity index (χ1v) is 17.7. The Morgan fingerprint density at radius 3 is 0.900 bits per heavy atom. The van der Waals surface area contributed by atoms with E-state index in [1.165, 1.54) is 103 Å². The number of carbonyl (C=O) groups is 2. The van der Waals surface area contributed by atoms with Crippen molar-refractivity contribution in [3.05, 3.63) is 11.1 Å². The molecule has 40 heavy (non-hydrogen) atoms. The Labute approximate surface area is 249 Å². The molecule has 236 valence electrons. The summed E-state index contributed by atoms with van der Waals surface area (Å²) >= 11 is 0. The standard InChI is InChI=1S/C36H68O4/c1-5-9-13-17-21-25-29-33(35(37)39-31-27-23-19-15-11-7-3)34(30-26-22-18-14-10-6-2)36(38)40-32-28-24-20-16-12-8-4/h5-32H2,1-4H3/b34-33-. The summed E-state index contributed by atoms with van der Waals surface area (Å²) in [7, 11) is 0. The summed E-state index contributed by atoms with van der Waals surface area (Å²) in [6.07, 6.45) is 29.0. The highest BCUT2D eigenvalue weighted by Crippen LogP contribution is 2.23. The monoisotopic (exact) mass is 565 g/mol. The first-order valence-electron chi connectivity index (χ1n) is 17.7. The SMILES string of the molecule is CCCCCCCCOC(=O)/C(CCCCCCCC)=C(/CCCCCCCC)C(=O)OCCCCCCCC. The van der Waals surface area contributed by atoms with E-state index < -0.39 is 0 Å². The van der Waals surface area contributed by atoms with Crippen molar-refractivity contribution in [3.63, 3.8) is 0 Å². The summed E-state index contributed by atoms with van der Waals surface area (Å²) in [4.78, 5) is 26.7. The van der Waals surface area contributed by atoms with Gasteiger partial charge < -0.3 is 9.47 Å². The van der Waals surface area contributed by atoms with Crippen LogP contribution in [0.25, 0.3) is 0 Å². The van der Waals surface area contributed by atoms with Crippen molar-refractivity contribution in [1.29, 1.82) is 0 Å². The highest BCUT2D eigenvalue weighted by Gasteiger charge is 2.23. The maximum absolute atomic E-state index is 13.4. The second-order valence-electron chi connectivity index (χ2n) is 11.8. The van der Waals surface area contributed by atoms with Crippen LogP contribution in [0.3, 0.4) is 0 Å². The van der Waals surface area contributed by atoms with E-state index in [9.17, 15) is 9.59 Å². The number of rotatable bonds is 30. The van der Waals surface area contributed by atoms with E-state index >= 15 is 0 Å². The molecule has 4 heteroatoms. The minimum absolute atomic E-state index is 0.278. The molecule has 4 nitrogen and oxygen atoms in total. The fourth-order valence-corrected chi connectivity index (χ4v) is 5.19. The van der Waals surface area contributed by atoms with E-state index in [-0.39, 0.29) is 11.9 Å². The van der Waals surface area contributed by atoms with Crippen LogP contribution in [0.2, 0.25) is 0 Å². The molecule has 0 atom stereocenters. The molecule has 0 aliphatic rings. The van der Waals surface area contributed by atoms with Gasteiger partial charge in [-0.1, -0.05) is 156 Å². The van der Waals surface area contributed by atoms with Crippen molar-refractivity contribution in [2.24, 2.45) is 0 Å². The van der Waals surface area contributed by atoms with Gasteiger partial charge in [0.05, 0.1) is 13.2 Å². The van der Waals surface area contributed by atoms with Gasteiger partial charge in [0.1, 0.15) is 0 Å². The summed E-state index contributed by atoms with van der Waals surface area (Å²) in [6, 6.07) is 0. The van der Waals surface area contributed by atoms with E-state index in [0.717, 1.165) is 51.4 Å². The summed E-state index contributed by atoms with van der Waals surface area (Å²) in [6.45, 7) is 9.80. The second-order valence-corrected chi connectivity index (χ2v) is 11.8. The summed E-state index contributed by atoms with van der Waals surface area (Å²) in [5.41, 5.74) is 1.20. The van der Waals surface area contributed by atoms with Crippen molar-refractivity contribution < 1.29 is 19.1 Å². The number of ether oxygens (including phenoxy) is 2. The van der Waals surface area contributed by atoms with Gasteiger partial charge in [0, 0.05) is 11.1 Å². The smallest absolute Gasteiger partial charge is 0.334 e. The van der Waals surface area contributed by atoms with E-state index in [1.807, 2.05) is 0 Å². The van der Waals surface area contributed by atoms with Crippen LogP contribution in [-0.4, -0.2) is 25.2 Å². The fourth-order valence-electron chi connectivity index (χ4n) is 5.19. The average molecular weight is 565 g/mol. The van der Waals surface area contributed by atoms with Crippen LogP contribution < -0.4 is 0 Å². The molecular weight excluding hydrogens is 496 g/mol. The predicted molar refractivity (Wildman–Crippen MR) is 172 cm³/mol. The van der Waals surface area contributed by atoms with Crippen LogP contribution in [0, 0.1) is 0 Å². The van der Waals surface area contributed by atoms with Gasteiger partial charge in [-0.15, -0.1) is 0 Å². The second kappa shape index (κ2) is 30.6. The minimum atomic E-state index is -0.278.